The highest BCUT2D eigenvalue weighted by atomic mass is 32.2. The van der Waals surface area contributed by atoms with E-state index in [0.29, 0.717) is 40.7 Å². The number of aliphatic hydroxyl groups excluding tert-OH is 1. The predicted octanol–water partition coefficient (Wildman–Crippen LogP) is 6.59. The van der Waals surface area contributed by atoms with Gasteiger partial charge >= 0.3 is 0 Å². The lowest BCUT2D eigenvalue weighted by molar-refractivity contribution is -0.120. The first-order valence-electron chi connectivity index (χ1n) is 14.7. The zero-order valence-corrected chi connectivity index (χ0v) is 29.1. The smallest absolute Gasteiger partial charge is 0.240 e. The second kappa shape index (κ2) is 28.7. The number of aliphatic hydroxyl groups is 1. The Labute approximate surface area is 273 Å². The molecule has 0 saturated heterocycles. The van der Waals surface area contributed by atoms with E-state index in [0.717, 1.165) is 23.3 Å². The largest absolute Gasteiger partial charge is 0.496 e. The van der Waals surface area contributed by atoms with Gasteiger partial charge in [0.2, 0.25) is 17.0 Å². The minimum atomic E-state index is -1.92. The van der Waals surface area contributed by atoms with Crippen LogP contribution in [0.4, 0.5) is 0 Å². The van der Waals surface area contributed by atoms with Crippen molar-refractivity contribution in [3.63, 3.8) is 0 Å². The van der Waals surface area contributed by atoms with E-state index in [9.17, 15) is 14.1 Å². The topological polar surface area (TPSA) is 128 Å². The molecule has 2 N–H and O–H groups in total. The number of hydrogen-bond donors (Lipinski definition) is 2. The summed E-state index contributed by atoms with van der Waals surface area (Å²) in [7, 11) is 3.11. The lowest BCUT2D eigenvalue weighted by atomic mass is 9.95. The molecule has 252 valence electrons. The maximum absolute atomic E-state index is 12.7. The van der Waals surface area contributed by atoms with E-state index in [1.807, 2.05) is 53.4 Å². The summed E-state index contributed by atoms with van der Waals surface area (Å²) in [5.41, 5.74) is 3.15. The van der Waals surface area contributed by atoms with Gasteiger partial charge in [-0.05, 0) is 59.7 Å². The van der Waals surface area contributed by atoms with Crippen molar-refractivity contribution >= 4 is 30.6 Å². The zero-order chi connectivity index (χ0) is 35.4. The van der Waals surface area contributed by atoms with Gasteiger partial charge in [0.15, 0.2) is 11.5 Å². The number of amides is 1. The van der Waals surface area contributed by atoms with Crippen LogP contribution in [0.25, 0.3) is 0 Å². The number of nitrogens with one attached hydrogen (secondary N) is 1. The summed E-state index contributed by atoms with van der Waals surface area (Å²) in [5, 5.41) is 13.0. The minimum absolute atomic E-state index is 0.0143. The Morgan fingerprint density at radius 1 is 1.00 bits per heavy atom. The number of ether oxygens (including phenoxy) is 2. The van der Waals surface area contributed by atoms with E-state index < -0.39 is 17.7 Å². The average molecular weight is 648 g/mol. The molecule has 0 aliphatic rings. The predicted molar refractivity (Wildman–Crippen MR) is 185 cm³/mol. The summed E-state index contributed by atoms with van der Waals surface area (Å²) in [4.78, 5) is 29.0. The summed E-state index contributed by atoms with van der Waals surface area (Å²) < 4.78 is 29.2. The summed E-state index contributed by atoms with van der Waals surface area (Å²) in [6.45, 7) is 23.6. The Hall–Kier alpha value is -4.02. The third-order valence-corrected chi connectivity index (χ3v) is 7.06. The van der Waals surface area contributed by atoms with Crippen LogP contribution in [-0.4, -0.2) is 49.6 Å². The number of carbonyl (C=O) groups is 3. The molecule has 0 aliphatic carbocycles. The van der Waals surface area contributed by atoms with Gasteiger partial charge in [-0.25, -0.2) is 4.21 Å². The average Bonchev–Trinajstić information content (AvgIpc) is 3.10. The molecule has 0 aliphatic heterocycles. The van der Waals surface area contributed by atoms with Gasteiger partial charge in [-0.2, -0.15) is 0 Å². The number of hydrogen-bond acceptors (Lipinski definition) is 8. The summed E-state index contributed by atoms with van der Waals surface area (Å²) in [6.07, 6.45) is 6.07. The van der Waals surface area contributed by atoms with Crippen molar-refractivity contribution in [3.8, 4) is 17.2 Å². The highest BCUT2D eigenvalue weighted by Crippen LogP contribution is 2.35. The van der Waals surface area contributed by atoms with Crippen LogP contribution in [0.5, 0.6) is 17.2 Å². The monoisotopic (exact) mass is 647 g/mol. The van der Waals surface area contributed by atoms with Gasteiger partial charge < -0.3 is 33.7 Å². The molecule has 1 amide bonds. The Morgan fingerprint density at radius 3 is 2.07 bits per heavy atom. The maximum Gasteiger partial charge on any atom is 0.240 e. The lowest BCUT2D eigenvalue weighted by Gasteiger charge is -2.17. The van der Waals surface area contributed by atoms with Crippen LogP contribution in [0, 0.1) is 0 Å². The molecule has 2 rings (SSSR count). The fraction of sp³-hybridized carbons (Fsp3) is 0.400. The van der Waals surface area contributed by atoms with Crippen molar-refractivity contribution in [2.24, 2.45) is 0 Å². The molecule has 0 radical (unpaired) electrons. The quantitative estimate of drug-likeness (QED) is 0.207. The summed E-state index contributed by atoms with van der Waals surface area (Å²) >= 11 is -1.92. The molecular weight excluding hydrogens is 594 g/mol. The number of benzene rings is 2. The third-order valence-electron chi connectivity index (χ3n) is 6.06. The van der Waals surface area contributed by atoms with E-state index in [-0.39, 0.29) is 18.1 Å². The third kappa shape index (κ3) is 15.5. The van der Waals surface area contributed by atoms with Crippen LogP contribution in [0.15, 0.2) is 66.6 Å². The van der Waals surface area contributed by atoms with Crippen molar-refractivity contribution in [1.82, 2.24) is 5.32 Å². The number of rotatable bonds is 15. The number of methoxy groups -OCH3 is 2. The second-order valence-corrected chi connectivity index (χ2v) is 9.49. The Morgan fingerprint density at radius 2 is 1.58 bits per heavy atom. The molecule has 2 atom stereocenters. The molecule has 2 aromatic carbocycles. The van der Waals surface area contributed by atoms with E-state index >= 15 is 0 Å². The van der Waals surface area contributed by atoms with E-state index in [2.05, 4.69) is 38.4 Å². The van der Waals surface area contributed by atoms with Gasteiger partial charge in [0, 0.05) is 12.1 Å². The van der Waals surface area contributed by atoms with Gasteiger partial charge in [0.25, 0.3) is 0 Å². The Balaban J connectivity index is -0.00000203. The van der Waals surface area contributed by atoms with Crippen molar-refractivity contribution in [2.45, 2.75) is 73.3 Å². The van der Waals surface area contributed by atoms with Crippen molar-refractivity contribution in [3.05, 3.63) is 88.9 Å². The van der Waals surface area contributed by atoms with Gasteiger partial charge in [0.05, 0.1) is 32.2 Å². The fourth-order valence-electron chi connectivity index (χ4n) is 3.80. The highest BCUT2D eigenvalue weighted by molar-refractivity contribution is 7.84. The van der Waals surface area contributed by atoms with Crippen molar-refractivity contribution < 1.29 is 37.4 Å². The van der Waals surface area contributed by atoms with Crippen molar-refractivity contribution in [2.75, 3.05) is 20.8 Å². The molecule has 9 nitrogen and oxygen atoms in total. The first-order chi connectivity index (χ1) is 21.8. The second-order valence-electron chi connectivity index (χ2n) is 8.38. The van der Waals surface area contributed by atoms with Crippen LogP contribution < -0.4 is 19.0 Å². The molecule has 0 heterocycles. The zero-order valence-electron chi connectivity index (χ0n) is 28.3. The standard InChI is InChI=1S/C29H37NO6S.2C2H6.2CH2O/c1-7-10-23(9-3)37(33)36-29-25(19-31)22(12-14-27(29)35-6)18-28(32)30-16-15-21-11-13-26(34-5)24(17-21)20(4)8-2;4*1-2/h7,9-14,17,20,31H,1,3,8,15-16,18-19H2,2,4-6H3,(H,30,32);2*1-2H3;2*1H2/b23-10+;;;;. The van der Waals surface area contributed by atoms with Crippen LogP contribution in [0.3, 0.4) is 0 Å². The number of allylic oxidation sites excluding steroid dienone is 3. The maximum atomic E-state index is 12.7. The van der Waals surface area contributed by atoms with Crippen LogP contribution in [0.2, 0.25) is 0 Å². The molecule has 0 spiro atoms. The van der Waals surface area contributed by atoms with Gasteiger partial charge in [0.1, 0.15) is 19.3 Å². The summed E-state index contributed by atoms with van der Waals surface area (Å²) in [6, 6.07) is 9.42. The summed E-state index contributed by atoms with van der Waals surface area (Å²) in [5.74, 6) is 1.44. The molecule has 0 saturated carbocycles. The van der Waals surface area contributed by atoms with Gasteiger partial charge in [-0.15, -0.1) is 0 Å². The van der Waals surface area contributed by atoms with Crippen LogP contribution in [0.1, 0.15) is 76.1 Å². The number of carbonyl (C=O) groups excluding carboxylic acids is 3. The molecule has 10 heteroatoms. The van der Waals surface area contributed by atoms with Crippen molar-refractivity contribution in [1.29, 1.82) is 0 Å². The minimum Gasteiger partial charge on any atom is -0.496 e. The highest BCUT2D eigenvalue weighted by Gasteiger charge is 2.20. The Kier molecular flexibility index (Phi) is 29.0. The molecule has 0 aromatic heterocycles. The molecule has 45 heavy (non-hydrogen) atoms. The lowest BCUT2D eigenvalue weighted by Crippen LogP contribution is -2.27. The van der Waals surface area contributed by atoms with E-state index in [1.165, 1.54) is 25.3 Å². The molecule has 2 aromatic rings. The molecule has 0 fully saturated rings. The van der Waals surface area contributed by atoms with Crippen LogP contribution >= 0.6 is 0 Å². The fourth-order valence-corrected chi connectivity index (χ4v) is 4.57. The van der Waals surface area contributed by atoms with E-state index in [1.54, 1.807) is 19.2 Å². The molecule has 0 bridgehead atoms. The molecular formula is C35H53NO8S. The first-order valence-corrected chi connectivity index (χ1v) is 15.8. The van der Waals surface area contributed by atoms with Gasteiger partial charge in [-0.3, -0.25) is 4.79 Å². The normalized spacial score (nSPS) is 11.0. The first kappa shape index (κ1) is 45.4. The molecule has 2 unspecified atom stereocenters. The SMILES string of the molecule is C=C/C=C(\C=C)S(=O)Oc1c(OC)ccc(CC(=O)NCCc2ccc(OC)c(C(C)CC)c2)c1CO.C=O.C=O.CC.CC. The van der Waals surface area contributed by atoms with Gasteiger partial charge in [-0.1, -0.05) is 79.0 Å². The van der Waals surface area contributed by atoms with Crippen LogP contribution in [-0.2, 0) is 44.9 Å². The van der Waals surface area contributed by atoms with E-state index in [4.69, 9.17) is 23.2 Å². The Bertz CT molecular complexity index is 1190.